The first-order valence-electron chi connectivity index (χ1n) is 5.61. The summed E-state index contributed by atoms with van der Waals surface area (Å²) in [6.07, 6.45) is 0. The van der Waals surface area contributed by atoms with Crippen molar-refractivity contribution in [3.8, 4) is 0 Å². The molecular weight excluding hydrogens is 232 g/mol. The van der Waals surface area contributed by atoms with E-state index in [0.717, 1.165) is 28.1 Å². The highest BCUT2D eigenvalue weighted by atomic mass is 32.1. The van der Waals surface area contributed by atoms with E-state index in [4.69, 9.17) is 0 Å². The minimum absolute atomic E-state index is 0.0986. The van der Waals surface area contributed by atoms with Crippen molar-refractivity contribution in [2.75, 3.05) is 27.2 Å². The Morgan fingerprint density at radius 1 is 1.41 bits per heavy atom. The first-order valence-corrected chi connectivity index (χ1v) is 6.42. The number of likely N-dealkylation sites (N-methyl/N-ethyl adjacent to an activating group) is 2. The Kier molecular flexibility index (Phi) is 3.76. The minimum Gasteiger partial charge on any atom is -0.340 e. The molecule has 0 unspecified atom stereocenters. The van der Waals surface area contributed by atoms with Crippen LogP contribution in [0.2, 0.25) is 0 Å². The quantitative estimate of drug-likeness (QED) is 0.899. The molecule has 0 aliphatic heterocycles. The standard InChI is InChI=1S/C13H16N2OS/c1-14-7-8-15(2)13(16)12-9-10-5-3-4-6-11(10)17-12/h3-6,9,14H,7-8H2,1-2H3. The van der Waals surface area contributed by atoms with Gasteiger partial charge in [0.05, 0.1) is 4.88 Å². The number of amides is 1. The highest BCUT2D eigenvalue weighted by molar-refractivity contribution is 7.20. The molecule has 1 N–H and O–H groups in total. The van der Waals surface area contributed by atoms with Crippen LogP contribution in [0.3, 0.4) is 0 Å². The number of benzene rings is 1. The van der Waals surface area contributed by atoms with E-state index in [1.54, 1.807) is 16.2 Å². The zero-order valence-corrected chi connectivity index (χ0v) is 10.9. The van der Waals surface area contributed by atoms with E-state index in [0.29, 0.717) is 0 Å². The van der Waals surface area contributed by atoms with Gasteiger partial charge in [-0.15, -0.1) is 11.3 Å². The van der Waals surface area contributed by atoms with Gasteiger partial charge in [-0.05, 0) is 24.6 Å². The fourth-order valence-corrected chi connectivity index (χ4v) is 2.71. The Balaban J connectivity index is 2.18. The molecule has 0 radical (unpaired) electrons. The van der Waals surface area contributed by atoms with Gasteiger partial charge in [0.2, 0.25) is 0 Å². The number of hydrogen-bond donors (Lipinski definition) is 1. The predicted octanol–water partition coefficient (Wildman–Crippen LogP) is 2.19. The van der Waals surface area contributed by atoms with E-state index < -0.39 is 0 Å². The average Bonchev–Trinajstić information content (AvgIpc) is 2.78. The van der Waals surface area contributed by atoms with E-state index in [-0.39, 0.29) is 5.91 Å². The highest BCUT2D eigenvalue weighted by Gasteiger charge is 2.13. The Labute approximate surface area is 105 Å². The van der Waals surface area contributed by atoms with Gasteiger partial charge in [-0.3, -0.25) is 4.79 Å². The molecule has 0 saturated heterocycles. The van der Waals surface area contributed by atoms with Crippen molar-refractivity contribution in [1.82, 2.24) is 10.2 Å². The first-order chi connectivity index (χ1) is 8.22. The fraction of sp³-hybridized carbons (Fsp3) is 0.308. The Morgan fingerprint density at radius 3 is 2.88 bits per heavy atom. The third-order valence-electron chi connectivity index (χ3n) is 2.68. The van der Waals surface area contributed by atoms with Crippen molar-refractivity contribution in [2.24, 2.45) is 0 Å². The molecule has 0 spiro atoms. The van der Waals surface area contributed by atoms with Crippen LogP contribution in [0.15, 0.2) is 30.3 Å². The van der Waals surface area contributed by atoms with Crippen LogP contribution in [0.5, 0.6) is 0 Å². The normalized spacial score (nSPS) is 10.7. The molecule has 1 aromatic carbocycles. The molecule has 17 heavy (non-hydrogen) atoms. The molecule has 0 fully saturated rings. The largest absolute Gasteiger partial charge is 0.340 e. The third-order valence-corrected chi connectivity index (χ3v) is 3.78. The van der Waals surface area contributed by atoms with E-state index in [2.05, 4.69) is 5.32 Å². The summed E-state index contributed by atoms with van der Waals surface area (Å²) in [5.41, 5.74) is 0. The summed E-state index contributed by atoms with van der Waals surface area (Å²) in [7, 11) is 3.72. The molecule has 3 nitrogen and oxygen atoms in total. The zero-order chi connectivity index (χ0) is 12.3. The maximum Gasteiger partial charge on any atom is 0.263 e. The lowest BCUT2D eigenvalue weighted by Gasteiger charge is -2.15. The summed E-state index contributed by atoms with van der Waals surface area (Å²) in [6.45, 7) is 1.54. The summed E-state index contributed by atoms with van der Waals surface area (Å²) in [4.78, 5) is 14.7. The van der Waals surface area contributed by atoms with Crippen LogP contribution in [-0.4, -0.2) is 38.0 Å². The van der Waals surface area contributed by atoms with E-state index in [9.17, 15) is 4.79 Å². The Hall–Kier alpha value is -1.39. The first kappa shape index (κ1) is 12.1. The zero-order valence-electron chi connectivity index (χ0n) is 10.1. The molecule has 0 aliphatic carbocycles. The van der Waals surface area contributed by atoms with Gasteiger partial charge in [-0.25, -0.2) is 0 Å². The maximum absolute atomic E-state index is 12.1. The summed E-state index contributed by atoms with van der Waals surface area (Å²) < 4.78 is 1.16. The second-order valence-corrected chi connectivity index (χ2v) is 5.06. The second kappa shape index (κ2) is 5.29. The van der Waals surface area contributed by atoms with Crippen molar-refractivity contribution in [2.45, 2.75) is 0 Å². The van der Waals surface area contributed by atoms with Gasteiger partial charge in [0.15, 0.2) is 0 Å². The summed E-state index contributed by atoms with van der Waals surface area (Å²) in [5, 5.41) is 4.18. The monoisotopic (exact) mass is 248 g/mol. The average molecular weight is 248 g/mol. The minimum atomic E-state index is 0.0986. The van der Waals surface area contributed by atoms with Gasteiger partial charge in [-0.2, -0.15) is 0 Å². The van der Waals surface area contributed by atoms with Crippen LogP contribution in [0.1, 0.15) is 9.67 Å². The van der Waals surface area contributed by atoms with Crippen molar-refractivity contribution in [3.05, 3.63) is 35.2 Å². The van der Waals surface area contributed by atoms with Crippen LogP contribution in [0.25, 0.3) is 10.1 Å². The summed E-state index contributed by atoms with van der Waals surface area (Å²) >= 11 is 1.56. The Morgan fingerprint density at radius 2 is 2.18 bits per heavy atom. The molecule has 1 amide bonds. The fourth-order valence-electron chi connectivity index (χ4n) is 1.66. The lowest BCUT2D eigenvalue weighted by atomic mass is 10.2. The molecule has 0 saturated carbocycles. The highest BCUT2D eigenvalue weighted by Crippen LogP contribution is 2.25. The lowest BCUT2D eigenvalue weighted by Crippen LogP contribution is -2.32. The van der Waals surface area contributed by atoms with E-state index in [1.807, 2.05) is 44.4 Å². The number of hydrogen-bond acceptors (Lipinski definition) is 3. The molecule has 2 rings (SSSR count). The number of thiophene rings is 1. The van der Waals surface area contributed by atoms with E-state index in [1.165, 1.54) is 0 Å². The number of carbonyl (C=O) groups excluding carboxylic acids is 1. The smallest absolute Gasteiger partial charge is 0.263 e. The lowest BCUT2D eigenvalue weighted by molar-refractivity contribution is 0.0801. The molecule has 0 atom stereocenters. The van der Waals surface area contributed by atoms with Crippen LogP contribution in [-0.2, 0) is 0 Å². The molecule has 1 aromatic heterocycles. The molecule has 1 heterocycles. The molecule has 4 heteroatoms. The van der Waals surface area contributed by atoms with Crippen LogP contribution >= 0.6 is 11.3 Å². The van der Waals surface area contributed by atoms with Gasteiger partial charge >= 0.3 is 0 Å². The molecule has 2 aromatic rings. The second-order valence-electron chi connectivity index (χ2n) is 3.98. The number of carbonyl (C=O) groups is 1. The topological polar surface area (TPSA) is 32.3 Å². The van der Waals surface area contributed by atoms with E-state index >= 15 is 0 Å². The SMILES string of the molecule is CNCCN(C)C(=O)c1cc2ccccc2s1. The third kappa shape index (κ3) is 2.65. The van der Waals surface area contributed by atoms with Crippen molar-refractivity contribution < 1.29 is 4.79 Å². The van der Waals surface area contributed by atoms with Gasteiger partial charge in [-0.1, -0.05) is 18.2 Å². The number of rotatable bonds is 4. The predicted molar refractivity (Wildman–Crippen MR) is 72.7 cm³/mol. The van der Waals surface area contributed by atoms with Crippen LogP contribution in [0.4, 0.5) is 0 Å². The molecule has 0 bridgehead atoms. The van der Waals surface area contributed by atoms with Gasteiger partial charge in [0.1, 0.15) is 0 Å². The Bertz CT molecular complexity index is 488. The van der Waals surface area contributed by atoms with Crippen molar-refractivity contribution in [1.29, 1.82) is 0 Å². The maximum atomic E-state index is 12.1. The molecule has 0 aliphatic rings. The summed E-state index contributed by atoms with van der Waals surface area (Å²) in [5.74, 6) is 0.0986. The number of nitrogens with zero attached hydrogens (tertiary/aromatic N) is 1. The number of nitrogens with one attached hydrogen (secondary N) is 1. The van der Waals surface area contributed by atoms with Crippen LogP contribution < -0.4 is 5.32 Å². The number of fused-ring (bicyclic) bond motifs is 1. The van der Waals surface area contributed by atoms with Crippen LogP contribution in [0, 0.1) is 0 Å². The molecule has 90 valence electrons. The van der Waals surface area contributed by atoms with Gasteiger partial charge in [0.25, 0.3) is 5.91 Å². The van der Waals surface area contributed by atoms with Gasteiger partial charge in [0, 0.05) is 24.8 Å². The van der Waals surface area contributed by atoms with Crippen molar-refractivity contribution in [3.63, 3.8) is 0 Å². The molecular formula is C13H16N2OS. The van der Waals surface area contributed by atoms with Crippen molar-refractivity contribution >= 4 is 27.3 Å². The van der Waals surface area contributed by atoms with Gasteiger partial charge < -0.3 is 10.2 Å². The summed E-state index contributed by atoms with van der Waals surface area (Å²) in [6, 6.07) is 10.0.